The van der Waals surface area contributed by atoms with Gasteiger partial charge in [0.1, 0.15) is 0 Å². The van der Waals surface area contributed by atoms with Gasteiger partial charge < -0.3 is 10.1 Å². The number of carbonyl (C=O) groups excluding carboxylic acids is 2. The Bertz CT molecular complexity index is 220. The molecule has 0 aromatic rings. The van der Waals surface area contributed by atoms with Crippen molar-refractivity contribution in [2.24, 2.45) is 0 Å². The Morgan fingerprint density at radius 2 is 2.43 bits per heavy atom. The van der Waals surface area contributed by atoms with Crippen molar-refractivity contribution in [2.45, 2.75) is 24.5 Å². The standard InChI is InChI=1S/C9H15NO3S/c1-13-8(11)6-14-7-4-2-3-5-10-9(7)12/h7H,2-6H2,1H3,(H,10,12). The highest BCUT2D eigenvalue weighted by Crippen LogP contribution is 2.19. The van der Waals surface area contributed by atoms with Gasteiger partial charge in [-0.3, -0.25) is 9.59 Å². The first-order chi connectivity index (χ1) is 6.74. The second kappa shape index (κ2) is 5.90. The van der Waals surface area contributed by atoms with E-state index >= 15 is 0 Å². The van der Waals surface area contributed by atoms with Gasteiger partial charge in [-0.15, -0.1) is 11.8 Å². The minimum absolute atomic E-state index is 0.0522. The highest BCUT2D eigenvalue weighted by atomic mass is 32.2. The van der Waals surface area contributed by atoms with Gasteiger partial charge >= 0.3 is 5.97 Å². The van der Waals surface area contributed by atoms with Crippen molar-refractivity contribution in [3.8, 4) is 0 Å². The van der Waals surface area contributed by atoms with Crippen LogP contribution in [0.3, 0.4) is 0 Å². The van der Waals surface area contributed by atoms with Crippen LogP contribution in [0.25, 0.3) is 0 Å². The maximum Gasteiger partial charge on any atom is 0.315 e. The largest absolute Gasteiger partial charge is 0.468 e. The molecule has 1 saturated heterocycles. The molecule has 1 fully saturated rings. The Hall–Kier alpha value is -0.710. The molecule has 0 saturated carbocycles. The molecular formula is C9H15NO3S. The van der Waals surface area contributed by atoms with Crippen LogP contribution in [0.4, 0.5) is 0 Å². The average molecular weight is 217 g/mol. The molecule has 1 aliphatic rings. The van der Waals surface area contributed by atoms with E-state index in [-0.39, 0.29) is 22.9 Å². The maximum absolute atomic E-state index is 11.4. The third-order valence-electron chi connectivity index (χ3n) is 2.11. The Balaban J connectivity index is 2.33. The van der Waals surface area contributed by atoms with Crippen molar-refractivity contribution in [1.29, 1.82) is 0 Å². The number of esters is 1. The third-order valence-corrected chi connectivity index (χ3v) is 3.37. The van der Waals surface area contributed by atoms with E-state index in [1.54, 1.807) is 0 Å². The van der Waals surface area contributed by atoms with Gasteiger partial charge in [0.25, 0.3) is 0 Å². The topological polar surface area (TPSA) is 55.4 Å². The molecule has 1 atom stereocenters. The van der Waals surface area contributed by atoms with Crippen LogP contribution in [0.2, 0.25) is 0 Å². The van der Waals surface area contributed by atoms with Gasteiger partial charge in [0, 0.05) is 6.54 Å². The molecular weight excluding hydrogens is 202 g/mol. The number of methoxy groups -OCH3 is 1. The van der Waals surface area contributed by atoms with Crippen LogP contribution in [-0.4, -0.2) is 36.5 Å². The summed E-state index contributed by atoms with van der Waals surface area (Å²) < 4.78 is 4.52. The first-order valence-electron chi connectivity index (χ1n) is 4.70. The average Bonchev–Trinajstić information content (AvgIpc) is 2.39. The summed E-state index contributed by atoms with van der Waals surface area (Å²) in [5, 5.41) is 2.74. The smallest absolute Gasteiger partial charge is 0.315 e. The lowest BCUT2D eigenvalue weighted by atomic mass is 10.2. The first kappa shape index (κ1) is 11.4. The van der Waals surface area contributed by atoms with Crippen LogP contribution in [0.15, 0.2) is 0 Å². The molecule has 5 heteroatoms. The van der Waals surface area contributed by atoms with E-state index in [2.05, 4.69) is 10.1 Å². The zero-order chi connectivity index (χ0) is 10.4. The van der Waals surface area contributed by atoms with Gasteiger partial charge in [-0.05, 0) is 12.8 Å². The summed E-state index contributed by atoms with van der Waals surface area (Å²) in [7, 11) is 1.36. The van der Waals surface area contributed by atoms with E-state index in [1.807, 2.05) is 0 Å². The number of hydrogen-bond acceptors (Lipinski definition) is 4. The van der Waals surface area contributed by atoms with Crippen LogP contribution in [0, 0.1) is 0 Å². The Morgan fingerprint density at radius 3 is 3.14 bits per heavy atom. The van der Waals surface area contributed by atoms with Gasteiger partial charge in [-0.1, -0.05) is 6.42 Å². The quantitative estimate of drug-likeness (QED) is 0.702. The van der Waals surface area contributed by atoms with Crippen molar-refractivity contribution < 1.29 is 14.3 Å². The van der Waals surface area contributed by atoms with Gasteiger partial charge in [0.05, 0.1) is 18.1 Å². The molecule has 1 rings (SSSR count). The van der Waals surface area contributed by atoms with E-state index in [4.69, 9.17) is 0 Å². The Morgan fingerprint density at radius 1 is 1.64 bits per heavy atom. The summed E-state index contributed by atoms with van der Waals surface area (Å²) in [6.45, 7) is 0.758. The number of thioether (sulfide) groups is 1. The van der Waals surface area contributed by atoms with E-state index in [0.717, 1.165) is 25.8 Å². The molecule has 14 heavy (non-hydrogen) atoms. The Kier molecular flexibility index (Phi) is 4.79. The summed E-state index contributed by atoms with van der Waals surface area (Å²) in [6, 6.07) is 0. The van der Waals surface area contributed by atoms with E-state index in [1.165, 1.54) is 18.9 Å². The summed E-state index contributed by atoms with van der Waals surface area (Å²) in [4.78, 5) is 22.3. The molecule has 0 aromatic heterocycles. The molecule has 1 unspecified atom stereocenters. The minimum Gasteiger partial charge on any atom is -0.468 e. The molecule has 0 radical (unpaired) electrons. The lowest BCUT2D eigenvalue weighted by Gasteiger charge is -2.11. The summed E-state index contributed by atoms with van der Waals surface area (Å²) in [5.74, 6) is 0.0395. The van der Waals surface area contributed by atoms with Crippen LogP contribution in [-0.2, 0) is 14.3 Å². The number of carbonyl (C=O) groups is 2. The van der Waals surface area contributed by atoms with Crippen LogP contribution >= 0.6 is 11.8 Å². The normalized spacial score (nSPS) is 22.4. The van der Waals surface area contributed by atoms with Crippen molar-refractivity contribution in [3.63, 3.8) is 0 Å². The lowest BCUT2D eigenvalue weighted by molar-refractivity contribution is -0.137. The lowest BCUT2D eigenvalue weighted by Crippen LogP contribution is -2.31. The van der Waals surface area contributed by atoms with E-state index in [9.17, 15) is 9.59 Å². The molecule has 0 bridgehead atoms. The van der Waals surface area contributed by atoms with Crippen LogP contribution < -0.4 is 5.32 Å². The van der Waals surface area contributed by atoms with Crippen molar-refractivity contribution in [2.75, 3.05) is 19.4 Å². The van der Waals surface area contributed by atoms with Crippen molar-refractivity contribution >= 4 is 23.6 Å². The molecule has 1 heterocycles. The zero-order valence-electron chi connectivity index (χ0n) is 8.25. The Labute approximate surface area is 87.8 Å². The van der Waals surface area contributed by atoms with Crippen LogP contribution in [0.5, 0.6) is 0 Å². The fourth-order valence-electron chi connectivity index (χ4n) is 1.30. The van der Waals surface area contributed by atoms with E-state index in [0.29, 0.717) is 0 Å². The van der Waals surface area contributed by atoms with Gasteiger partial charge in [0.15, 0.2) is 0 Å². The third kappa shape index (κ3) is 3.57. The van der Waals surface area contributed by atoms with Gasteiger partial charge in [0.2, 0.25) is 5.91 Å². The number of hydrogen-bond donors (Lipinski definition) is 1. The number of ether oxygens (including phenoxy) is 1. The van der Waals surface area contributed by atoms with Gasteiger partial charge in [-0.2, -0.15) is 0 Å². The fraction of sp³-hybridized carbons (Fsp3) is 0.778. The highest BCUT2D eigenvalue weighted by Gasteiger charge is 2.21. The number of nitrogens with one attached hydrogen (secondary N) is 1. The summed E-state index contributed by atoms with van der Waals surface area (Å²) >= 11 is 1.36. The molecule has 0 aliphatic carbocycles. The number of rotatable bonds is 3. The van der Waals surface area contributed by atoms with Gasteiger partial charge in [-0.25, -0.2) is 0 Å². The minimum atomic E-state index is -0.271. The SMILES string of the molecule is COC(=O)CSC1CCCCNC1=O. The summed E-state index contributed by atoms with van der Waals surface area (Å²) in [5.41, 5.74) is 0. The molecule has 1 amide bonds. The first-order valence-corrected chi connectivity index (χ1v) is 5.75. The molecule has 1 N–H and O–H groups in total. The monoisotopic (exact) mass is 217 g/mol. The maximum atomic E-state index is 11.4. The van der Waals surface area contributed by atoms with E-state index < -0.39 is 0 Å². The van der Waals surface area contributed by atoms with Crippen molar-refractivity contribution in [3.05, 3.63) is 0 Å². The fourth-order valence-corrected chi connectivity index (χ4v) is 2.32. The molecule has 0 spiro atoms. The summed E-state index contributed by atoms with van der Waals surface area (Å²) in [6.07, 6.45) is 2.92. The zero-order valence-corrected chi connectivity index (χ0v) is 9.06. The second-order valence-corrected chi connectivity index (χ2v) is 4.35. The second-order valence-electron chi connectivity index (χ2n) is 3.16. The number of amides is 1. The predicted octanol–water partition coefficient (Wildman–Crippen LogP) is 0.561. The molecule has 0 aromatic carbocycles. The van der Waals surface area contributed by atoms with Crippen LogP contribution in [0.1, 0.15) is 19.3 Å². The molecule has 1 aliphatic heterocycles. The molecule has 80 valence electrons. The van der Waals surface area contributed by atoms with Crippen molar-refractivity contribution in [1.82, 2.24) is 5.32 Å². The highest BCUT2D eigenvalue weighted by molar-refractivity contribution is 8.01. The predicted molar refractivity (Wildman–Crippen MR) is 55.1 cm³/mol. The molecule has 4 nitrogen and oxygen atoms in total.